The van der Waals surface area contributed by atoms with Crippen LogP contribution >= 0.6 is 11.6 Å². The minimum Gasteiger partial charge on any atom is -0.369 e. The summed E-state index contributed by atoms with van der Waals surface area (Å²) >= 11 is 6.41. The van der Waals surface area contributed by atoms with Gasteiger partial charge in [0.2, 0.25) is 0 Å². The minimum atomic E-state index is 0.0256. The van der Waals surface area contributed by atoms with Crippen LogP contribution in [0.5, 0.6) is 0 Å². The maximum Gasteiger partial charge on any atom is 0.0642 e. The van der Waals surface area contributed by atoms with Crippen molar-refractivity contribution in [2.24, 2.45) is 5.73 Å². The molecule has 2 atom stereocenters. The Labute approximate surface area is 121 Å². The van der Waals surface area contributed by atoms with Crippen molar-refractivity contribution < 1.29 is 0 Å². The molecule has 3 nitrogen and oxygen atoms in total. The highest BCUT2D eigenvalue weighted by atomic mass is 35.5. The van der Waals surface area contributed by atoms with Crippen LogP contribution in [0.4, 0.5) is 5.69 Å². The average Bonchev–Trinajstić information content (AvgIpc) is 2.37. The first kappa shape index (κ1) is 14.6. The summed E-state index contributed by atoms with van der Waals surface area (Å²) in [6, 6.07) is 6.73. The second-order valence-electron chi connectivity index (χ2n) is 5.67. The second kappa shape index (κ2) is 6.12. The molecule has 1 heterocycles. The van der Waals surface area contributed by atoms with Gasteiger partial charge in [0.1, 0.15) is 0 Å². The summed E-state index contributed by atoms with van der Waals surface area (Å²) in [7, 11) is 4.32. The number of hydrogen-bond acceptors (Lipinski definition) is 3. The Morgan fingerprint density at radius 3 is 2.79 bits per heavy atom. The van der Waals surface area contributed by atoms with E-state index in [9.17, 15) is 0 Å². The molecule has 0 aromatic heterocycles. The predicted molar refractivity (Wildman–Crippen MR) is 83.0 cm³/mol. The van der Waals surface area contributed by atoms with Gasteiger partial charge in [-0.3, -0.25) is 0 Å². The molecule has 1 aromatic carbocycles. The lowest BCUT2D eigenvalue weighted by atomic mass is 10.0. The molecule has 0 radical (unpaired) electrons. The second-order valence-corrected chi connectivity index (χ2v) is 6.08. The van der Waals surface area contributed by atoms with E-state index in [0.29, 0.717) is 6.04 Å². The lowest BCUT2D eigenvalue weighted by molar-refractivity contribution is 0.248. The zero-order chi connectivity index (χ0) is 14.0. The summed E-state index contributed by atoms with van der Waals surface area (Å²) in [5.74, 6) is 0. The highest BCUT2D eigenvalue weighted by molar-refractivity contribution is 6.33. The van der Waals surface area contributed by atoms with Crippen molar-refractivity contribution in [3.63, 3.8) is 0 Å². The fraction of sp³-hybridized carbons (Fsp3) is 0.600. The third-order valence-electron chi connectivity index (χ3n) is 4.02. The normalized spacial score (nSPS) is 22.3. The molecule has 1 aromatic rings. The minimum absolute atomic E-state index is 0.0256. The van der Waals surface area contributed by atoms with Crippen molar-refractivity contribution in [2.75, 3.05) is 32.1 Å². The van der Waals surface area contributed by atoms with Crippen LogP contribution in [0.15, 0.2) is 18.2 Å². The Morgan fingerprint density at radius 2 is 2.21 bits per heavy atom. The van der Waals surface area contributed by atoms with Crippen LogP contribution < -0.4 is 10.6 Å². The fourth-order valence-corrected chi connectivity index (χ4v) is 3.07. The summed E-state index contributed by atoms with van der Waals surface area (Å²) in [4.78, 5) is 4.69. The molecule has 0 spiro atoms. The number of nitrogens with zero attached hydrogens (tertiary/aromatic N) is 2. The molecule has 2 rings (SSSR count). The van der Waals surface area contributed by atoms with Crippen molar-refractivity contribution in [1.29, 1.82) is 0 Å². The molecule has 2 N–H and O–H groups in total. The number of piperidine rings is 1. The number of benzene rings is 1. The Hall–Kier alpha value is -0.770. The molecular weight excluding hydrogens is 258 g/mol. The van der Waals surface area contributed by atoms with E-state index >= 15 is 0 Å². The van der Waals surface area contributed by atoms with Crippen molar-refractivity contribution >= 4 is 17.3 Å². The molecule has 1 fully saturated rings. The third kappa shape index (κ3) is 3.41. The van der Waals surface area contributed by atoms with Crippen molar-refractivity contribution in [1.82, 2.24) is 4.90 Å². The van der Waals surface area contributed by atoms with E-state index in [1.807, 2.05) is 13.0 Å². The number of rotatable bonds is 3. The fourth-order valence-electron chi connectivity index (χ4n) is 2.74. The third-order valence-corrected chi connectivity index (χ3v) is 4.33. The smallest absolute Gasteiger partial charge is 0.0642 e. The van der Waals surface area contributed by atoms with Gasteiger partial charge in [0.15, 0.2) is 0 Å². The molecule has 1 aliphatic heterocycles. The van der Waals surface area contributed by atoms with Gasteiger partial charge in [0.25, 0.3) is 0 Å². The SMILES string of the molecule is CC(N)c1ccc(N(C)C2CCCN(C)C2)c(Cl)c1. The summed E-state index contributed by atoms with van der Waals surface area (Å²) in [6.45, 7) is 4.27. The zero-order valence-corrected chi connectivity index (χ0v) is 12.8. The van der Waals surface area contributed by atoms with Gasteiger partial charge in [-0.15, -0.1) is 0 Å². The van der Waals surface area contributed by atoms with E-state index in [2.05, 4.69) is 36.0 Å². The number of likely N-dealkylation sites (tertiary alicyclic amines) is 1. The van der Waals surface area contributed by atoms with Gasteiger partial charge in [-0.1, -0.05) is 17.7 Å². The molecule has 2 unspecified atom stereocenters. The van der Waals surface area contributed by atoms with Crippen LogP contribution in [-0.2, 0) is 0 Å². The van der Waals surface area contributed by atoms with E-state index in [0.717, 1.165) is 22.8 Å². The maximum absolute atomic E-state index is 6.41. The van der Waals surface area contributed by atoms with Gasteiger partial charge < -0.3 is 15.5 Å². The Morgan fingerprint density at radius 1 is 1.47 bits per heavy atom. The van der Waals surface area contributed by atoms with E-state index in [-0.39, 0.29) is 6.04 Å². The highest BCUT2D eigenvalue weighted by Crippen LogP contribution is 2.30. The summed E-state index contributed by atoms with van der Waals surface area (Å²) < 4.78 is 0. The Bertz CT molecular complexity index is 433. The van der Waals surface area contributed by atoms with Crippen LogP contribution in [-0.4, -0.2) is 38.1 Å². The van der Waals surface area contributed by atoms with E-state index in [1.165, 1.54) is 19.4 Å². The summed E-state index contributed by atoms with van der Waals surface area (Å²) in [6.07, 6.45) is 2.48. The monoisotopic (exact) mass is 281 g/mol. The number of anilines is 1. The van der Waals surface area contributed by atoms with Crippen LogP contribution in [0.3, 0.4) is 0 Å². The lowest BCUT2D eigenvalue weighted by Gasteiger charge is -2.37. The number of halogens is 1. The first-order valence-corrected chi connectivity index (χ1v) is 7.33. The number of hydrogen-bond donors (Lipinski definition) is 1. The van der Waals surface area contributed by atoms with Gasteiger partial charge in [0, 0.05) is 25.7 Å². The van der Waals surface area contributed by atoms with Crippen LogP contribution in [0.1, 0.15) is 31.4 Å². The van der Waals surface area contributed by atoms with Crippen LogP contribution in [0.2, 0.25) is 5.02 Å². The quantitative estimate of drug-likeness (QED) is 0.925. The molecule has 19 heavy (non-hydrogen) atoms. The molecule has 4 heteroatoms. The molecular formula is C15H24ClN3. The molecule has 0 bridgehead atoms. The standard InChI is InChI=1S/C15H24ClN3/c1-11(17)12-6-7-15(14(16)9-12)19(3)13-5-4-8-18(2)10-13/h6-7,9,11,13H,4-5,8,10,17H2,1-3H3. The molecule has 0 saturated carbocycles. The average molecular weight is 282 g/mol. The molecule has 0 aliphatic carbocycles. The van der Waals surface area contributed by atoms with Crippen LogP contribution in [0, 0.1) is 0 Å². The lowest BCUT2D eigenvalue weighted by Crippen LogP contribution is -2.45. The number of nitrogens with two attached hydrogens (primary N) is 1. The largest absolute Gasteiger partial charge is 0.369 e. The van der Waals surface area contributed by atoms with Gasteiger partial charge in [-0.25, -0.2) is 0 Å². The van der Waals surface area contributed by atoms with E-state index < -0.39 is 0 Å². The predicted octanol–water partition coefficient (Wildman–Crippen LogP) is 2.89. The zero-order valence-electron chi connectivity index (χ0n) is 12.1. The summed E-state index contributed by atoms with van der Waals surface area (Å²) in [5.41, 5.74) is 8.08. The number of likely N-dealkylation sites (N-methyl/N-ethyl adjacent to an activating group) is 2. The van der Waals surface area contributed by atoms with Crippen LogP contribution in [0.25, 0.3) is 0 Å². The molecule has 1 aliphatic rings. The van der Waals surface area contributed by atoms with Crippen molar-refractivity contribution in [3.05, 3.63) is 28.8 Å². The first-order valence-electron chi connectivity index (χ1n) is 6.95. The first-order chi connectivity index (χ1) is 8.99. The van der Waals surface area contributed by atoms with E-state index in [4.69, 9.17) is 17.3 Å². The van der Waals surface area contributed by atoms with Gasteiger partial charge >= 0.3 is 0 Å². The topological polar surface area (TPSA) is 32.5 Å². The van der Waals surface area contributed by atoms with Gasteiger partial charge in [-0.2, -0.15) is 0 Å². The van der Waals surface area contributed by atoms with E-state index in [1.54, 1.807) is 0 Å². The molecule has 0 amide bonds. The maximum atomic E-state index is 6.41. The van der Waals surface area contributed by atoms with Crippen molar-refractivity contribution in [3.8, 4) is 0 Å². The molecule has 1 saturated heterocycles. The van der Waals surface area contributed by atoms with Gasteiger partial charge in [-0.05, 0) is 51.1 Å². The van der Waals surface area contributed by atoms with Crippen molar-refractivity contribution in [2.45, 2.75) is 31.8 Å². The van der Waals surface area contributed by atoms with Gasteiger partial charge in [0.05, 0.1) is 10.7 Å². The Balaban J connectivity index is 2.16. The Kier molecular flexibility index (Phi) is 4.71. The highest BCUT2D eigenvalue weighted by Gasteiger charge is 2.22. The molecule has 106 valence electrons. The summed E-state index contributed by atoms with van der Waals surface area (Å²) in [5, 5.41) is 0.797.